The van der Waals surface area contributed by atoms with Crippen LogP contribution in [0.3, 0.4) is 0 Å². The number of esters is 1. The van der Waals surface area contributed by atoms with E-state index in [-0.39, 0.29) is 5.91 Å². The molecule has 0 saturated carbocycles. The number of carbonyl (C=O) groups excluding carboxylic acids is 2. The van der Waals surface area contributed by atoms with Gasteiger partial charge in [-0.25, -0.2) is 4.79 Å². The van der Waals surface area contributed by atoms with Crippen LogP contribution in [-0.4, -0.2) is 29.9 Å². The number of ether oxygens (including phenoxy) is 1. The van der Waals surface area contributed by atoms with Crippen LogP contribution in [0, 0.1) is 0 Å². The maximum Gasteiger partial charge on any atom is 0.331 e. The molecule has 2 aromatic carbocycles. The van der Waals surface area contributed by atoms with Gasteiger partial charge in [-0.05, 0) is 36.3 Å². The summed E-state index contributed by atoms with van der Waals surface area (Å²) >= 11 is 11.9. The van der Waals surface area contributed by atoms with E-state index in [1.165, 1.54) is 17.1 Å². The Morgan fingerprint density at radius 3 is 2.50 bits per heavy atom. The van der Waals surface area contributed by atoms with Crippen LogP contribution in [0.5, 0.6) is 0 Å². The number of halogens is 2. The Balaban J connectivity index is 1.91. The van der Waals surface area contributed by atoms with Gasteiger partial charge in [-0.2, -0.15) is 0 Å². The van der Waals surface area contributed by atoms with Crippen molar-refractivity contribution in [3.05, 3.63) is 75.8 Å². The molecule has 0 radical (unpaired) electrons. The number of carbonyl (C=O) groups is 2. The van der Waals surface area contributed by atoms with Gasteiger partial charge in [-0.15, -0.1) is 0 Å². The van der Waals surface area contributed by atoms with E-state index >= 15 is 0 Å². The van der Waals surface area contributed by atoms with Crippen LogP contribution in [0.25, 0.3) is 6.08 Å². The fraction of sp³-hybridized carbons (Fsp3) is 0.200. The lowest BCUT2D eigenvalue weighted by Gasteiger charge is -2.21. The Labute approximate surface area is 163 Å². The molecule has 1 atom stereocenters. The van der Waals surface area contributed by atoms with E-state index in [0.29, 0.717) is 22.2 Å². The van der Waals surface area contributed by atoms with Crippen molar-refractivity contribution < 1.29 is 14.3 Å². The number of rotatable bonds is 6. The molecule has 0 unspecified atom stereocenters. The van der Waals surface area contributed by atoms with Crippen molar-refractivity contribution in [3.63, 3.8) is 0 Å². The lowest BCUT2D eigenvalue weighted by atomic mass is 10.2. The van der Waals surface area contributed by atoms with Gasteiger partial charge in [0.15, 0.2) is 6.10 Å². The van der Waals surface area contributed by atoms with Crippen LogP contribution in [0.2, 0.25) is 10.0 Å². The molecule has 2 aromatic rings. The van der Waals surface area contributed by atoms with Gasteiger partial charge in [0.1, 0.15) is 0 Å². The normalized spacial score (nSPS) is 12.0. The molecule has 0 aliphatic rings. The summed E-state index contributed by atoms with van der Waals surface area (Å²) in [5, 5.41) is 0.934. The Morgan fingerprint density at radius 2 is 1.85 bits per heavy atom. The molecule has 0 aliphatic carbocycles. The van der Waals surface area contributed by atoms with E-state index < -0.39 is 12.1 Å². The van der Waals surface area contributed by atoms with Gasteiger partial charge in [0, 0.05) is 29.7 Å². The summed E-state index contributed by atoms with van der Waals surface area (Å²) in [5.41, 5.74) is 1.63. The molecule has 26 heavy (non-hydrogen) atoms. The van der Waals surface area contributed by atoms with Gasteiger partial charge in [0.2, 0.25) is 0 Å². The lowest BCUT2D eigenvalue weighted by Crippen LogP contribution is -2.36. The average molecular weight is 392 g/mol. The van der Waals surface area contributed by atoms with E-state index in [4.69, 9.17) is 27.9 Å². The first-order valence-corrected chi connectivity index (χ1v) is 8.75. The van der Waals surface area contributed by atoms with Crippen molar-refractivity contribution in [2.75, 3.05) is 7.05 Å². The molecule has 0 aromatic heterocycles. The number of hydrogen-bond acceptors (Lipinski definition) is 3. The fourth-order valence-electron chi connectivity index (χ4n) is 2.30. The van der Waals surface area contributed by atoms with Crippen molar-refractivity contribution >= 4 is 41.2 Å². The fourth-order valence-corrected chi connectivity index (χ4v) is 2.78. The van der Waals surface area contributed by atoms with Crippen LogP contribution < -0.4 is 0 Å². The van der Waals surface area contributed by atoms with Crippen molar-refractivity contribution in [3.8, 4) is 0 Å². The second-order valence-corrected chi connectivity index (χ2v) is 6.60. The van der Waals surface area contributed by atoms with E-state index in [0.717, 1.165) is 5.56 Å². The summed E-state index contributed by atoms with van der Waals surface area (Å²) < 4.78 is 5.17. The van der Waals surface area contributed by atoms with Gasteiger partial charge >= 0.3 is 5.97 Å². The van der Waals surface area contributed by atoms with E-state index in [9.17, 15) is 9.59 Å². The molecule has 0 aliphatic heterocycles. The Bertz CT molecular complexity index is 806. The molecule has 0 bridgehead atoms. The van der Waals surface area contributed by atoms with Crippen LogP contribution in [-0.2, 0) is 20.9 Å². The SMILES string of the molecule is C[C@H](OC(=O)/C=C/c1ccc(Cl)cc1Cl)C(=O)N(C)Cc1ccccc1. The van der Waals surface area contributed by atoms with Crippen molar-refractivity contribution in [2.45, 2.75) is 19.6 Å². The highest BCUT2D eigenvalue weighted by Gasteiger charge is 2.20. The highest BCUT2D eigenvalue weighted by Crippen LogP contribution is 2.22. The minimum atomic E-state index is -0.887. The number of likely N-dealkylation sites (N-methyl/N-ethyl adjacent to an activating group) is 1. The molecular weight excluding hydrogens is 373 g/mol. The number of nitrogens with zero attached hydrogens (tertiary/aromatic N) is 1. The predicted octanol–water partition coefficient (Wildman–Crippen LogP) is 4.60. The molecule has 0 fully saturated rings. The highest BCUT2D eigenvalue weighted by molar-refractivity contribution is 6.35. The Kier molecular flexibility index (Phi) is 7.25. The third-order valence-electron chi connectivity index (χ3n) is 3.64. The summed E-state index contributed by atoms with van der Waals surface area (Å²) in [5.74, 6) is -0.898. The maximum absolute atomic E-state index is 12.3. The van der Waals surface area contributed by atoms with E-state index in [1.54, 1.807) is 32.2 Å². The molecule has 1 amide bonds. The summed E-state index contributed by atoms with van der Waals surface area (Å²) in [6.07, 6.45) is 1.86. The quantitative estimate of drug-likeness (QED) is 0.533. The zero-order valence-corrected chi connectivity index (χ0v) is 16.0. The Hall–Kier alpha value is -2.30. The lowest BCUT2D eigenvalue weighted by molar-refractivity contribution is -0.154. The first-order valence-electron chi connectivity index (χ1n) is 7.99. The monoisotopic (exact) mass is 391 g/mol. The summed E-state index contributed by atoms with van der Waals surface area (Å²) in [6.45, 7) is 1.99. The first kappa shape index (κ1) is 20.0. The zero-order valence-electron chi connectivity index (χ0n) is 14.5. The number of benzene rings is 2. The standard InChI is InChI=1S/C20H19Cl2NO3/c1-14(20(25)23(2)13-15-6-4-3-5-7-15)26-19(24)11-9-16-8-10-17(21)12-18(16)22/h3-12,14H,13H2,1-2H3/b11-9+/t14-/m0/s1. The largest absolute Gasteiger partial charge is 0.449 e. The van der Waals surface area contributed by atoms with E-state index in [2.05, 4.69) is 0 Å². The second kappa shape index (κ2) is 9.41. The Morgan fingerprint density at radius 1 is 1.15 bits per heavy atom. The maximum atomic E-state index is 12.3. The molecule has 0 spiro atoms. The summed E-state index contributed by atoms with van der Waals surface area (Å²) in [6, 6.07) is 14.5. The van der Waals surface area contributed by atoms with Crippen molar-refractivity contribution in [2.24, 2.45) is 0 Å². The van der Waals surface area contributed by atoms with Gasteiger partial charge in [0.05, 0.1) is 0 Å². The van der Waals surface area contributed by atoms with Gasteiger partial charge in [-0.3, -0.25) is 4.79 Å². The zero-order chi connectivity index (χ0) is 19.1. The molecule has 6 heteroatoms. The molecule has 0 heterocycles. The molecule has 136 valence electrons. The third kappa shape index (κ3) is 5.90. The second-order valence-electron chi connectivity index (χ2n) is 5.76. The molecule has 2 rings (SSSR count). The third-order valence-corrected chi connectivity index (χ3v) is 4.20. The average Bonchev–Trinajstić information content (AvgIpc) is 2.61. The van der Waals surface area contributed by atoms with Crippen molar-refractivity contribution in [1.29, 1.82) is 0 Å². The predicted molar refractivity (Wildman–Crippen MR) is 104 cm³/mol. The number of hydrogen-bond donors (Lipinski definition) is 0. The molecule has 0 N–H and O–H groups in total. The van der Waals surface area contributed by atoms with Crippen LogP contribution in [0.4, 0.5) is 0 Å². The molecular formula is C20H19Cl2NO3. The van der Waals surface area contributed by atoms with Crippen LogP contribution in [0.1, 0.15) is 18.1 Å². The number of amides is 1. The van der Waals surface area contributed by atoms with Crippen LogP contribution >= 0.6 is 23.2 Å². The summed E-state index contributed by atoms with van der Waals surface area (Å²) in [4.78, 5) is 25.8. The summed E-state index contributed by atoms with van der Waals surface area (Å²) in [7, 11) is 1.67. The van der Waals surface area contributed by atoms with E-state index in [1.807, 2.05) is 30.3 Å². The highest BCUT2D eigenvalue weighted by atomic mass is 35.5. The van der Waals surface area contributed by atoms with Gasteiger partial charge < -0.3 is 9.64 Å². The van der Waals surface area contributed by atoms with Crippen molar-refractivity contribution in [1.82, 2.24) is 4.90 Å². The molecule has 0 saturated heterocycles. The van der Waals surface area contributed by atoms with Gasteiger partial charge in [-0.1, -0.05) is 59.6 Å². The molecule has 4 nitrogen and oxygen atoms in total. The minimum Gasteiger partial charge on any atom is -0.449 e. The van der Waals surface area contributed by atoms with Gasteiger partial charge in [0.25, 0.3) is 5.91 Å². The minimum absolute atomic E-state index is 0.278. The topological polar surface area (TPSA) is 46.6 Å². The van der Waals surface area contributed by atoms with Crippen LogP contribution in [0.15, 0.2) is 54.6 Å². The smallest absolute Gasteiger partial charge is 0.331 e. The first-order chi connectivity index (χ1) is 12.4.